The van der Waals surface area contributed by atoms with Crippen LogP contribution in [0.3, 0.4) is 0 Å². The molecule has 0 bridgehead atoms. The zero-order valence-electron chi connectivity index (χ0n) is 16.8. The zero-order valence-corrected chi connectivity index (χ0v) is 16.8. The maximum Gasteiger partial charge on any atom is 0.423 e. The zero-order chi connectivity index (χ0) is 21.8. The van der Waals surface area contributed by atoms with Gasteiger partial charge in [-0.2, -0.15) is 4.90 Å². The number of aromatic nitrogens is 1. The van der Waals surface area contributed by atoms with Crippen LogP contribution < -0.4 is 15.4 Å². The summed E-state index contributed by atoms with van der Waals surface area (Å²) in [5.74, 6) is -1.63. The van der Waals surface area contributed by atoms with E-state index in [1.54, 1.807) is 26.8 Å². The van der Waals surface area contributed by atoms with Gasteiger partial charge < -0.3 is 15.2 Å². The van der Waals surface area contributed by atoms with Crippen molar-refractivity contribution in [2.45, 2.75) is 51.2 Å². The monoisotopic (exact) mass is 417 g/mol. The van der Waals surface area contributed by atoms with E-state index in [-0.39, 0.29) is 28.7 Å². The van der Waals surface area contributed by atoms with Crippen molar-refractivity contribution in [3.05, 3.63) is 47.2 Å². The van der Waals surface area contributed by atoms with Crippen molar-refractivity contribution < 1.29 is 27.8 Å². The maximum atomic E-state index is 14.1. The molecule has 1 fully saturated rings. The summed E-state index contributed by atoms with van der Waals surface area (Å²) in [4.78, 5) is 30.7. The Kier molecular flexibility index (Phi) is 4.44. The van der Waals surface area contributed by atoms with Gasteiger partial charge in [-0.15, -0.1) is 0 Å². The highest BCUT2D eigenvalue weighted by Gasteiger charge is 2.62. The van der Waals surface area contributed by atoms with Crippen LogP contribution in [0.1, 0.15) is 44.7 Å². The number of pyridine rings is 1. The first-order valence-corrected chi connectivity index (χ1v) is 9.47. The van der Waals surface area contributed by atoms with Crippen LogP contribution in [0.4, 0.5) is 25.1 Å². The van der Waals surface area contributed by atoms with Gasteiger partial charge in [-0.3, -0.25) is 4.79 Å². The van der Waals surface area contributed by atoms with Crippen molar-refractivity contribution in [3.63, 3.8) is 0 Å². The fraction of sp³-hybridized carbons (Fsp3) is 0.381. The number of anilines is 2. The van der Waals surface area contributed by atoms with Crippen LogP contribution in [0.5, 0.6) is 5.75 Å². The SMILES string of the molecule is CC(C)(C)OC(=O)N1C(=O)C2(CC2)c2cc(OCc3c(F)ccc(N)c3F)cnc21. The molecule has 0 saturated heterocycles. The smallest absolute Gasteiger partial charge is 0.423 e. The molecular formula is C21H21F2N3O4. The van der Waals surface area contributed by atoms with Crippen molar-refractivity contribution in [2.24, 2.45) is 0 Å². The minimum atomic E-state index is -0.880. The number of nitrogens with two attached hydrogens (primary N) is 1. The van der Waals surface area contributed by atoms with E-state index in [0.29, 0.717) is 18.4 Å². The Bertz CT molecular complexity index is 1060. The summed E-state index contributed by atoms with van der Waals surface area (Å²) in [6, 6.07) is 3.78. The Labute approximate surface area is 171 Å². The van der Waals surface area contributed by atoms with Gasteiger partial charge in [0.2, 0.25) is 5.91 Å². The predicted octanol–water partition coefficient (Wildman–Crippen LogP) is 3.83. The largest absolute Gasteiger partial charge is 0.487 e. The Morgan fingerprint density at radius 1 is 1.30 bits per heavy atom. The highest BCUT2D eigenvalue weighted by Crippen LogP contribution is 2.57. The van der Waals surface area contributed by atoms with Gasteiger partial charge in [0.15, 0.2) is 5.82 Å². The summed E-state index contributed by atoms with van der Waals surface area (Å²) in [6.07, 6.45) is 1.65. The van der Waals surface area contributed by atoms with Crippen molar-refractivity contribution in [1.82, 2.24) is 4.98 Å². The van der Waals surface area contributed by atoms with Crippen LogP contribution in [0.15, 0.2) is 24.4 Å². The standard InChI is InChI=1S/C21H21F2N3O4/c1-20(2,3)30-19(28)26-17-13(21(6-7-21)18(26)27)8-11(9-25-17)29-10-12-14(22)4-5-15(24)16(12)23/h4-5,8-9H,6-7,10,24H2,1-3H3. The second-order valence-electron chi connectivity index (χ2n) is 8.46. The number of amides is 2. The Hall–Kier alpha value is -3.23. The number of ether oxygens (including phenoxy) is 2. The molecule has 1 saturated carbocycles. The number of fused-ring (bicyclic) bond motifs is 2. The number of imide groups is 1. The first-order valence-electron chi connectivity index (χ1n) is 9.47. The van der Waals surface area contributed by atoms with Crippen LogP contribution >= 0.6 is 0 Å². The van der Waals surface area contributed by atoms with Crippen LogP contribution in [0.2, 0.25) is 0 Å². The van der Waals surface area contributed by atoms with E-state index in [2.05, 4.69) is 4.98 Å². The van der Waals surface area contributed by atoms with Crippen LogP contribution in [0, 0.1) is 11.6 Å². The molecule has 1 aliphatic carbocycles. The van der Waals surface area contributed by atoms with Gasteiger partial charge in [-0.25, -0.2) is 18.6 Å². The van der Waals surface area contributed by atoms with E-state index in [4.69, 9.17) is 15.2 Å². The number of rotatable bonds is 3. The Morgan fingerprint density at radius 2 is 2.00 bits per heavy atom. The highest BCUT2D eigenvalue weighted by atomic mass is 19.1. The second-order valence-corrected chi connectivity index (χ2v) is 8.46. The molecule has 158 valence electrons. The van der Waals surface area contributed by atoms with E-state index in [1.165, 1.54) is 6.20 Å². The third kappa shape index (κ3) is 3.24. The molecule has 0 radical (unpaired) electrons. The van der Waals surface area contributed by atoms with Crippen LogP contribution in [-0.4, -0.2) is 22.6 Å². The number of hydrogen-bond acceptors (Lipinski definition) is 6. The normalized spacial score (nSPS) is 16.6. The van der Waals surface area contributed by atoms with Gasteiger partial charge >= 0.3 is 6.09 Å². The molecule has 7 nitrogen and oxygen atoms in total. The van der Waals surface area contributed by atoms with Crippen LogP contribution in [0.25, 0.3) is 0 Å². The lowest BCUT2D eigenvalue weighted by molar-refractivity contribution is -0.120. The average molecular weight is 417 g/mol. The molecule has 9 heteroatoms. The molecule has 30 heavy (non-hydrogen) atoms. The highest BCUT2D eigenvalue weighted by molar-refractivity contribution is 6.21. The van der Waals surface area contributed by atoms with Gasteiger partial charge in [0.1, 0.15) is 29.6 Å². The molecule has 2 heterocycles. The molecule has 4 rings (SSSR count). The van der Waals surface area contributed by atoms with Crippen molar-refractivity contribution in [2.75, 3.05) is 10.6 Å². The van der Waals surface area contributed by atoms with Gasteiger partial charge in [0.25, 0.3) is 0 Å². The van der Waals surface area contributed by atoms with Crippen LogP contribution in [-0.2, 0) is 21.6 Å². The van der Waals surface area contributed by atoms with Gasteiger partial charge in [0.05, 0.1) is 22.9 Å². The molecule has 0 unspecified atom stereocenters. The molecule has 1 spiro atoms. The molecule has 2 N–H and O–H groups in total. The molecule has 0 atom stereocenters. The van der Waals surface area contributed by atoms with Crippen molar-refractivity contribution in [1.29, 1.82) is 0 Å². The predicted molar refractivity (Wildman–Crippen MR) is 104 cm³/mol. The molecule has 2 aliphatic rings. The number of carbonyl (C=O) groups excluding carboxylic acids is 2. The number of nitrogen functional groups attached to an aromatic ring is 1. The lowest BCUT2D eigenvalue weighted by atomic mass is 9.99. The first kappa shape index (κ1) is 20.1. The quantitative estimate of drug-likeness (QED) is 0.763. The van der Waals surface area contributed by atoms with E-state index in [9.17, 15) is 18.4 Å². The number of halogens is 2. The summed E-state index contributed by atoms with van der Waals surface area (Å²) in [5.41, 5.74) is 3.94. The summed E-state index contributed by atoms with van der Waals surface area (Å²) in [6.45, 7) is 4.72. The van der Waals surface area contributed by atoms with E-state index in [0.717, 1.165) is 17.0 Å². The number of carbonyl (C=O) groups is 2. The van der Waals surface area contributed by atoms with Gasteiger partial charge in [-0.1, -0.05) is 0 Å². The Balaban J connectivity index is 1.61. The third-order valence-electron chi connectivity index (χ3n) is 5.11. The molecule has 2 amide bonds. The summed E-state index contributed by atoms with van der Waals surface area (Å²) >= 11 is 0. The van der Waals surface area contributed by atoms with Crippen molar-refractivity contribution >= 4 is 23.5 Å². The molecule has 1 aromatic heterocycles. The molecule has 2 aromatic rings. The van der Waals surface area contributed by atoms with Gasteiger partial charge in [-0.05, 0) is 51.8 Å². The molecule has 1 aromatic carbocycles. The minimum Gasteiger partial charge on any atom is -0.487 e. The average Bonchev–Trinajstić information content (AvgIpc) is 3.42. The number of hydrogen-bond donors (Lipinski definition) is 1. The maximum absolute atomic E-state index is 14.1. The second kappa shape index (κ2) is 6.65. The number of benzene rings is 1. The Morgan fingerprint density at radius 3 is 2.63 bits per heavy atom. The summed E-state index contributed by atoms with van der Waals surface area (Å²) < 4.78 is 38.9. The van der Waals surface area contributed by atoms with E-state index < -0.39 is 35.4 Å². The van der Waals surface area contributed by atoms with Gasteiger partial charge in [0, 0.05) is 5.56 Å². The fourth-order valence-electron chi connectivity index (χ4n) is 3.46. The number of nitrogens with zero attached hydrogens (tertiary/aromatic N) is 2. The lowest BCUT2D eigenvalue weighted by Crippen LogP contribution is -2.41. The third-order valence-corrected chi connectivity index (χ3v) is 5.11. The summed E-state index contributed by atoms with van der Waals surface area (Å²) in [5, 5.41) is 0. The van der Waals surface area contributed by atoms with E-state index >= 15 is 0 Å². The minimum absolute atomic E-state index is 0.183. The van der Waals surface area contributed by atoms with E-state index in [1.807, 2.05) is 0 Å². The molecular weight excluding hydrogens is 396 g/mol. The topological polar surface area (TPSA) is 94.8 Å². The fourth-order valence-corrected chi connectivity index (χ4v) is 3.46. The van der Waals surface area contributed by atoms with Crippen molar-refractivity contribution in [3.8, 4) is 5.75 Å². The lowest BCUT2D eigenvalue weighted by Gasteiger charge is -2.23. The summed E-state index contributed by atoms with van der Waals surface area (Å²) in [7, 11) is 0. The first-order chi connectivity index (χ1) is 14.0. The molecule has 1 aliphatic heterocycles.